The molecule has 1 fully saturated rings. The van der Waals surface area contributed by atoms with Gasteiger partial charge < -0.3 is 10.2 Å². The second-order valence-corrected chi connectivity index (χ2v) is 5.17. The van der Waals surface area contributed by atoms with Crippen LogP contribution in [0, 0.1) is 0 Å². The fraction of sp³-hybridized carbons (Fsp3) is 0.556. The van der Waals surface area contributed by atoms with Crippen LogP contribution in [0.4, 0.5) is 5.00 Å². The van der Waals surface area contributed by atoms with E-state index in [4.69, 9.17) is 0 Å². The molecule has 2 rings (SSSR count). The second kappa shape index (κ2) is 3.98. The molecule has 0 aliphatic carbocycles. The normalized spacial score (nSPS) is 22.2. The minimum absolute atomic E-state index is 0.672. The number of hydrogen-bond acceptors (Lipinski definition) is 3. The van der Waals surface area contributed by atoms with Gasteiger partial charge in [0.15, 0.2) is 0 Å². The summed E-state index contributed by atoms with van der Waals surface area (Å²) in [4.78, 5) is 2.37. The van der Waals surface area contributed by atoms with Gasteiger partial charge in [0.25, 0.3) is 0 Å². The zero-order chi connectivity index (χ0) is 9.26. The second-order valence-electron chi connectivity index (χ2n) is 3.36. The molecule has 0 amide bonds. The molecule has 0 bridgehead atoms. The molecule has 0 aromatic carbocycles. The molecule has 0 radical (unpaired) electrons. The van der Waals surface area contributed by atoms with Crippen LogP contribution in [-0.4, -0.2) is 26.2 Å². The first kappa shape index (κ1) is 9.49. The van der Waals surface area contributed by atoms with E-state index < -0.39 is 0 Å². The topological polar surface area (TPSA) is 15.3 Å². The van der Waals surface area contributed by atoms with Crippen molar-refractivity contribution in [1.82, 2.24) is 5.32 Å². The van der Waals surface area contributed by atoms with Crippen LogP contribution in [0.15, 0.2) is 15.9 Å². The van der Waals surface area contributed by atoms with Crippen LogP contribution < -0.4 is 10.2 Å². The van der Waals surface area contributed by atoms with Crippen molar-refractivity contribution in [2.75, 3.05) is 25.0 Å². The highest BCUT2D eigenvalue weighted by Crippen LogP contribution is 2.29. The summed E-state index contributed by atoms with van der Waals surface area (Å²) in [6.07, 6.45) is 1.26. The van der Waals surface area contributed by atoms with Gasteiger partial charge in [-0.2, -0.15) is 0 Å². The van der Waals surface area contributed by atoms with Crippen molar-refractivity contribution in [1.29, 1.82) is 0 Å². The van der Waals surface area contributed by atoms with E-state index in [0.29, 0.717) is 6.04 Å². The Balaban J connectivity index is 2.07. The van der Waals surface area contributed by atoms with Crippen molar-refractivity contribution in [3.8, 4) is 0 Å². The SMILES string of the molecule is CN(c1cc(Br)cs1)C1CCNC1. The molecule has 1 aliphatic rings. The first-order chi connectivity index (χ1) is 6.27. The lowest BCUT2D eigenvalue weighted by Gasteiger charge is -2.23. The Morgan fingerprint density at radius 2 is 2.54 bits per heavy atom. The van der Waals surface area contributed by atoms with E-state index >= 15 is 0 Å². The van der Waals surface area contributed by atoms with Crippen LogP contribution >= 0.6 is 27.3 Å². The third-order valence-electron chi connectivity index (χ3n) is 2.48. The summed E-state index contributed by atoms with van der Waals surface area (Å²) in [5.41, 5.74) is 0. The van der Waals surface area contributed by atoms with Crippen LogP contribution in [0.1, 0.15) is 6.42 Å². The average Bonchev–Trinajstić information content (AvgIpc) is 2.72. The summed E-state index contributed by atoms with van der Waals surface area (Å²) in [5, 5.41) is 6.86. The number of nitrogens with one attached hydrogen (secondary N) is 1. The highest BCUT2D eigenvalue weighted by Gasteiger charge is 2.20. The average molecular weight is 261 g/mol. The number of thiophene rings is 1. The summed E-state index contributed by atoms with van der Waals surface area (Å²) in [6, 6.07) is 2.86. The molecular formula is C9H13BrN2S. The van der Waals surface area contributed by atoms with Crippen molar-refractivity contribution < 1.29 is 0 Å². The van der Waals surface area contributed by atoms with Crippen molar-refractivity contribution in [3.05, 3.63) is 15.9 Å². The Kier molecular flexibility index (Phi) is 2.91. The lowest BCUT2D eigenvalue weighted by molar-refractivity contribution is 0.690. The van der Waals surface area contributed by atoms with Gasteiger partial charge in [0.05, 0.1) is 5.00 Å². The molecular weight excluding hydrogens is 248 g/mol. The highest BCUT2D eigenvalue weighted by atomic mass is 79.9. The molecule has 2 nitrogen and oxygen atoms in total. The van der Waals surface area contributed by atoms with E-state index in [0.717, 1.165) is 13.1 Å². The molecule has 1 aromatic heterocycles. The first-order valence-electron chi connectivity index (χ1n) is 4.45. The fourth-order valence-electron chi connectivity index (χ4n) is 1.64. The first-order valence-corrected chi connectivity index (χ1v) is 6.12. The molecule has 1 unspecified atom stereocenters. The van der Waals surface area contributed by atoms with Crippen molar-refractivity contribution >= 4 is 32.3 Å². The molecule has 4 heteroatoms. The van der Waals surface area contributed by atoms with Gasteiger partial charge in [0.2, 0.25) is 0 Å². The van der Waals surface area contributed by atoms with Crippen LogP contribution in [0.3, 0.4) is 0 Å². The van der Waals surface area contributed by atoms with Crippen LogP contribution in [0.5, 0.6) is 0 Å². The number of halogens is 1. The largest absolute Gasteiger partial charge is 0.362 e. The van der Waals surface area contributed by atoms with Gasteiger partial charge in [-0.1, -0.05) is 0 Å². The van der Waals surface area contributed by atoms with Crippen LogP contribution in [0.2, 0.25) is 0 Å². The maximum Gasteiger partial charge on any atom is 0.0920 e. The summed E-state index contributed by atoms with van der Waals surface area (Å²) in [5.74, 6) is 0. The maximum absolute atomic E-state index is 3.48. The molecule has 1 aliphatic heterocycles. The predicted molar refractivity (Wildman–Crippen MR) is 61.7 cm³/mol. The smallest absolute Gasteiger partial charge is 0.0920 e. The molecule has 72 valence electrons. The van der Waals surface area contributed by atoms with Crippen molar-refractivity contribution in [2.45, 2.75) is 12.5 Å². The van der Waals surface area contributed by atoms with Gasteiger partial charge in [0.1, 0.15) is 0 Å². The number of nitrogens with zero attached hydrogens (tertiary/aromatic N) is 1. The Labute approximate surface area is 91.1 Å². The Morgan fingerprint density at radius 3 is 3.08 bits per heavy atom. The Hall–Kier alpha value is -0.0600. The van der Waals surface area contributed by atoms with E-state index in [1.165, 1.54) is 15.9 Å². The van der Waals surface area contributed by atoms with Gasteiger partial charge in [-0.25, -0.2) is 0 Å². The number of anilines is 1. The third kappa shape index (κ3) is 2.06. The van der Waals surface area contributed by atoms with Crippen molar-refractivity contribution in [3.63, 3.8) is 0 Å². The fourth-order valence-corrected chi connectivity index (χ4v) is 3.10. The van der Waals surface area contributed by atoms with Crippen LogP contribution in [-0.2, 0) is 0 Å². The minimum atomic E-state index is 0.672. The van der Waals surface area contributed by atoms with Gasteiger partial charge in [-0.15, -0.1) is 11.3 Å². The predicted octanol–water partition coefficient (Wildman–Crippen LogP) is 2.31. The molecule has 13 heavy (non-hydrogen) atoms. The van der Waals surface area contributed by atoms with E-state index in [-0.39, 0.29) is 0 Å². The van der Waals surface area contributed by atoms with Crippen molar-refractivity contribution in [2.24, 2.45) is 0 Å². The molecule has 1 aromatic rings. The molecule has 1 atom stereocenters. The monoisotopic (exact) mass is 260 g/mol. The Morgan fingerprint density at radius 1 is 1.69 bits per heavy atom. The van der Waals surface area contributed by atoms with Gasteiger partial charge in [0, 0.05) is 29.5 Å². The lowest BCUT2D eigenvalue weighted by Crippen LogP contribution is -2.32. The number of rotatable bonds is 2. The molecule has 1 saturated heterocycles. The van der Waals surface area contributed by atoms with E-state index in [1.54, 1.807) is 11.3 Å². The summed E-state index contributed by atoms with van der Waals surface area (Å²) in [7, 11) is 2.18. The van der Waals surface area contributed by atoms with Crippen LogP contribution in [0.25, 0.3) is 0 Å². The minimum Gasteiger partial charge on any atom is -0.362 e. The quantitative estimate of drug-likeness (QED) is 0.878. The van der Waals surface area contributed by atoms with E-state index in [2.05, 4.69) is 44.6 Å². The highest BCUT2D eigenvalue weighted by molar-refractivity contribution is 9.10. The summed E-state index contributed by atoms with van der Waals surface area (Å²) < 4.78 is 1.19. The van der Waals surface area contributed by atoms with Gasteiger partial charge >= 0.3 is 0 Å². The summed E-state index contributed by atoms with van der Waals surface area (Å²) in [6.45, 7) is 2.27. The summed E-state index contributed by atoms with van der Waals surface area (Å²) >= 11 is 5.27. The van der Waals surface area contributed by atoms with Gasteiger partial charge in [-0.05, 0) is 35.0 Å². The molecule has 1 N–H and O–H groups in total. The molecule has 0 saturated carbocycles. The lowest BCUT2D eigenvalue weighted by atomic mass is 10.2. The van der Waals surface area contributed by atoms with E-state index in [1.807, 2.05) is 0 Å². The zero-order valence-corrected chi connectivity index (χ0v) is 9.99. The number of likely N-dealkylation sites (N-methyl/N-ethyl adjacent to an activating group) is 1. The Bertz CT molecular complexity index is 281. The standard InChI is InChI=1S/C9H13BrN2S/c1-12(8-2-3-11-5-8)9-4-7(10)6-13-9/h4,6,8,11H,2-3,5H2,1H3. The molecule has 0 spiro atoms. The molecule has 2 heterocycles. The third-order valence-corrected chi connectivity index (χ3v) is 4.26. The maximum atomic E-state index is 3.48. The number of hydrogen-bond donors (Lipinski definition) is 1. The zero-order valence-electron chi connectivity index (χ0n) is 7.59. The van der Waals surface area contributed by atoms with E-state index in [9.17, 15) is 0 Å². The van der Waals surface area contributed by atoms with Gasteiger partial charge in [-0.3, -0.25) is 0 Å².